The van der Waals surface area contributed by atoms with Crippen LogP contribution in [0.1, 0.15) is 18.9 Å². The van der Waals surface area contributed by atoms with E-state index in [1.807, 2.05) is 32.2 Å². The highest BCUT2D eigenvalue weighted by Crippen LogP contribution is 2.34. The van der Waals surface area contributed by atoms with Gasteiger partial charge in [-0.25, -0.2) is 9.89 Å². The third-order valence-electron chi connectivity index (χ3n) is 2.78. The zero-order valence-corrected chi connectivity index (χ0v) is 13.0. The summed E-state index contributed by atoms with van der Waals surface area (Å²) >= 11 is 7.69. The minimum Gasteiger partial charge on any atom is -0.316 e. The molecule has 0 bridgehead atoms. The minimum absolute atomic E-state index is 0.184. The van der Waals surface area contributed by atoms with Crippen molar-refractivity contribution in [1.29, 1.82) is 0 Å². The number of benzene rings is 1. The van der Waals surface area contributed by atoms with Gasteiger partial charge in [-0.3, -0.25) is 4.57 Å². The average Bonchev–Trinajstić information content (AvgIpc) is 2.76. The molecule has 0 aliphatic heterocycles. The summed E-state index contributed by atoms with van der Waals surface area (Å²) in [5, 5.41) is 11.0. The Kier molecular flexibility index (Phi) is 5.28. The Morgan fingerprint density at radius 2 is 2.30 bits per heavy atom. The van der Waals surface area contributed by atoms with Crippen molar-refractivity contribution in [1.82, 2.24) is 20.1 Å². The Morgan fingerprint density at radius 1 is 1.50 bits per heavy atom. The first-order valence-corrected chi connectivity index (χ1v) is 7.61. The van der Waals surface area contributed by atoms with E-state index in [-0.39, 0.29) is 5.69 Å². The third kappa shape index (κ3) is 3.26. The van der Waals surface area contributed by atoms with E-state index in [4.69, 9.17) is 11.6 Å². The van der Waals surface area contributed by atoms with Crippen molar-refractivity contribution < 1.29 is 0 Å². The summed E-state index contributed by atoms with van der Waals surface area (Å²) in [5.74, 6) is 0. The zero-order chi connectivity index (χ0) is 14.5. The fraction of sp³-hybridized carbons (Fsp3) is 0.385. The largest absolute Gasteiger partial charge is 0.343 e. The zero-order valence-electron chi connectivity index (χ0n) is 11.4. The molecule has 0 aliphatic rings. The van der Waals surface area contributed by atoms with Gasteiger partial charge in [0, 0.05) is 18.0 Å². The van der Waals surface area contributed by atoms with Gasteiger partial charge in [0.15, 0.2) is 5.16 Å². The lowest BCUT2D eigenvalue weighted by Crippen LogP contribution is -2.17. The molecule has 5 nitrogen and oxygen atoms in total. The summed E-state index contributed by atoms with van der Waals surface area (Å²) in [6.45, 7) is 3.38. The fourth-order valence-corrected chi connectivity index (χ4v) is 3.20. The lowest BCUT2D eigenvalue weighted by atomic mass is 10.2. The summed E-state index contributed by atoms with van der Waals surface area (Å²) in [6, 6.07) is 5.78. The fourth-order valence-electron chi connectivity index (χ4n) is 1.89. The number of halogens is 1. The Labute approximate surface area is 126 Å². The number of hydrogen-bond acceptors (Lipinski definition) is 4. The average molecular weight is 313 g/mol. The van der Waals surface area contributed by atoms with Crippen molar-refractivity contribution in [3.63, 3.8) is 0 Å². The summed E-state index contributed by atoms with van der Waals surface area (Å²) in [5.41, 5.74) is 0.903. The maximum Gasteiger partial charge on any atom is 0.343 e. The Balaban J connectivity index is 2.37. The Morgan fingerprint density at radius 3 is 3.00 bits per heavy atom. The second kappa shape index (κ2) is 6.97. The number of hydrogen-bond donors (Lipinski definition) is 2. The number of nitrogens with zero attached hydrogens (tertiary/aromatic N) is 2. The van der Waals surface area contributed by atoms with Gasteiger partial charge in [-0.1, -0.05) is 30.7 Å². The van der Waals surface area contributed by atoms with Crippen LogP contribution in [0.4, 0.5) is 0 Å². The molecule has 2 N–H and O–H groups in total. The molecular formula is C13H17ClN4OS. The molecule has 0 aliphatic carbocycles. The van der Waals surface area contributed by atoms with Crippen LogP contribution in [0.15, 0.2) is 33.0 Å². The first-order valence-electron chi connectivity index (χ1n) is 6.42. The predicted molar refractivity (Wildman–Crippen MR) is 81.5 cm³/mol. The molecule has 0 atom stereocenters. The highest BCUT2D eigenvalue weighted by atomic mass is 35.5. The monoisotopic (exact) mass is 312 g/mol. The molecule has 1 aromatic carbocycles. The van der Waals surface area contributed by atoms with Crippen LogP contribution in [0, 0.1) is 0 Å². The van der Waals surface area contributed by atoms with E-state index in [1.165, 1.54) is 11.8 Å². The lowest BCUT2D eigenvalue weighted by Gasteiger charge is -2.10. The topological polar surface area (TPSA) is 62.7 Å². The molecule has 0 fully saturated rings. The first kappa shape index (κ1) is 15.2. The molecule has 0 spiro atoms. The van der Waals surface area contributed by atoms with Crippen LogP contribution in [0.3, 0.4) is 0 Å². The van der Waals surface area contributed by atoms with Crippen LogP contribution >= 0.6 is 23.4 Å². The minimum atomic E-state index is -0.184. The SMILES string of the molecule is CCCn1c(Sc2c(Cl)cccc2CNC)n[nH]c1=O. The molecule has 1 aromatic heterocycles. The number of aromatic nitrogens is 3. The second-order valence-corrected chi connectivity index (χ2v) is 5.71. The van der Waals surface area contributed by atoms with Crippen LogP contribution in [-0.2, 0) is 13.1 Å². The van der Waals surface area contributed by atoms with Gasteiger partial charge < -0.3 is 5.32 Å². The molecule has 0 saturated heterocycles. The van der Waals surface area contributed by atoms with Gasteiger partial charge >= 0.3 is 5.69 Å². The number of nitrogens with one attached hydrogen (secondary N) is 2. The number of H-pyrrole nitrogens is 1. The van der Waals surface area contributed by atoms with Crippen molar-refractivity contribution in [2.24, 2.45) is 0 Å². The van der Waals surface area contributed by atoms with Crippen LogP contribution in [0.2, 0.25) is 5.02 Å². The van der Waals surface area contributed by atoms with Crippen molar-refractivity contribution in [2.75, 3.05) is 7.05 Å². The molecule has 7 heteroatoms. The van der Waals surface area contributed by atoms with Gasteiger partial charge in [-0.05, 0) is 36.9 Å². The maximum absolute atomic E-state index is 11.7. The highest BCUT2D eigenvalue weighted by Gasteiger charge is 2.14. The quantitative estimate of drug-likeness (QED) is 0.860. The molecule has 1 heterocycles. The standard InChI is InChI=1S/C13H17ClN4OS/c1-3-7-18-12(19)16-17-13(18)20-11-9(8-15-2)5-4-6-10(11)14/h4-6,15H,3,7-8H2,1-2H3,(H,16,19). The molecule has 20 heavy (non-hydrogen) atoms. The van der Waals surface area contributed by atoms with Crippen LogP contribution in [0.25, 0.3) is 0 Å². The van der Waals surface area contributed by atoms with Crippen molar-refractivity contribution in [3.8, 4) is 0 Å². The van der Waals surface area contributed by atoms with E-state index in [9.17, 15) is 4.79 Å². The van der Waals surface area contributed by atoms with E-state index in [1.54, 1.807) is 4.57 Å². The summed E-state index contributed by atoms with van der Waals surface area (Å²) in [6.07, 6.45) is 0.874. The van der Waals surface area contributed by atoms with Crippen LogP contribution < -0.4 is 11.0 Å². The summed E-state index contributed by atoms with van der Waals surface area (Å²) < 4.78 is 1.64. The lowest BCUT2D eigenvalue weighted by molar-refractivity contribution is 0.603. The second-order valence-electron chi connectivity index (χ2n) is 4.32. The summed E-state index contributed by atoms with van der Waals surface area (Å²) in [7, 11) is 1.89. The van der Waals surface area contributed by atoms with Gasteiger partial charge in [0.05, 0.1) is 5.02 Å². The smallest absolute Gasteiger partial charge is 0.316 e. The molecule has 2 aromatic rings. The molecule has 2 rings (SSSR count). The van der Waals surface area contributed by atoms with Crippen molar-refractivity contribution in [2.45, 2.75) is 36.5 Å². The molecule has 0 radical (unpaired) electrons. The first-order chi connectivity index (χ1) is 9.67. The maximum atomic E-state index is 11.7. The number of aromatic amines is 1. The summed E-state index contributed by atoms with van der Waals surface area (Å²) in [4.78, 5) is 12.6. The van der Waals surface area contributed by atoms with Gasteiger partial charge in [0.1, 0.15) is 0 Å². The normalized spacial score (nSPS) is 10.9. The predicted octanol–water partition coefficient (Wildman–Crippen LogP) is 2.51. The highest BCUT2D eigenvalue weighted by molar-refractivity contribution is 7.99. The molecule has 0 amide bonds. The van der Waals surface area contributed by atoms with E-state index in [2.05, 4.69) is 15.5 Å². The van der Waals surface area contributed by atoms with E-state index in [0.717, 1.165) is 16.9 Å². The Bertz CT molecular complexity index is 638. The molecule has 108 valence electrons. The Hall–Kier alpha value is -1.24. The van der Waals surface area contributed by atoms with Gasteiger partial charge in [0.25, 0.3) is 0 Å². The molecule has 0 unspecified atom stereocenters. The van der Waals surface area contributed by atoms with Gasteiger partial charge in [-0.15, -0.1) is 5.10 Å². The van der Waals surface area contributed by atoms with Crippen molar-refractivity contribution in [3.05, 3.63) is 39.3 Å². The number of rotatable bonds is 6. The molecule has 0 saturated carbocycles. The van der Waals surface area contributed by atoms with Crippen LogP contribution in [0.5, 0.6) is 0 Å². The van der Waals surface area contributed by atoms with E-state index >= 15 is 0 Å². The van der Waals surface area contributed by atoms with E-state index in [0.29, 0.717) is 23.3 Å². The van der Waals surface area contributed by atoms with Crippen molar-refractivity contribution >= 4 is 23.4 Å². The van der Waals surface area contributed by atoms with Gasteiger partial charge in [0.2, 0.25) is 0 Å². The molecular weight excluding hydrogens is 296 g/mol. The van der Waals surface area contributed by atoms with E-state index < -0.39 is 0 Å². The third-order valence-corrected chi connectivity index (χ3v) is 4.39. The van der Waals surface area contributed by atoms with Crippen LogP contribution in [-0.4, -0.2) is 21.8 Å². The van der Waals surface area contributed by atoms with Gasteiger partial charge in [-0.2, -0.15) is 0 Å².